The monoisotopic (exact) mass is 284 g/mol. The molecule has 0 fully saturated rings. The summed E-state index contributed by atoms with van der Waals surface area (Å²) >= 11 is 0. The second kappa shape index (κ2) is 7.57. The predicted octanol–water partition coefficient (Wildman–Crippen LogP) is 1.61. The molecule has 4 nitrogen and oxygen atoms in total. The molecule has 0 heterocycles. The Labute approximate surface area is 124 Å². The molecule has 0 unspecified atom stereocenters. The van der Waals surface area contributed by atoms with Gasteiger partial charge in [-0.1, -0.05) is 36.4 Å². The summed E-state index contributed by atoms with van der Waals surface area (Å²) in [6, 6.07) is 15.0. The summed E-state index contributed by atoms with van der Waals surface area (Å²) in [6.45, 7) is 1.10. The van der Waals surface area contributed by atoms with E-state index in [1.165, 1.54) is 0 Å². The lowest BCUT2D eigenvalue weighted by Crippen LogP contribution is -2.22. The molecular weight excluding hydrogens is 264 g/mol. The van der Waals surface area contributed by atoms with Crippen molar-refractivity contribution >= 4 is 5.91 Å². The minimum absolute atomic E-state index is 0.0296. The molecule has 0 saturated carbocycles. The minimum atomic E-state index is -0.0967. The van der Waals surface area contributed by atoms with Gasteiger partial charge in [0.15, 0.2) is 0 Å². The smallest absolute Gasteiger partial charge is 0.251 e. The van der Waals surface area contributed by atoms with Crippen molar-refractivity contribution in [1.29, 1.82) is 0 Å². The topological polar surface area (TPSA) is 75.4 Å². The molecule has 21 heavy (non-hydrogen) atoms. The maximum Gasteiger partial charge on any atom is 0.251 e. The molecule has 4 heteroatoms. The second-order valence-corrected chi connectivity index (χ2v) is 4.89. The summed E-state index contributed by atoms with van der Waals surface area (Å²) in [6.07, 6.45) is 0.819. The van der Waals surface area contributed by atoms with Crippen LogP contribution >= 0.6 is 0 Å². The zero-order valence-corrected chi connectivity index (χ0v) is 11.9. The number of hydrogen-bond acceptors (Lipinski definition) is 3. The minimum Gasteiger partial charge on any atom is -0.392 e. The molecular formula is C17H20N2O2. The quantitative estimate of drug-likeness (QED) is 0.754. The third-order valence-corrected chi connectivity index (χ3v) is 3.31. The van der Waals surface area contributed by atoms with Gasteiger partial charge in [0, 0.05) is 12.1 Å². The number of hydrogen-bond donors (Lipinski definition) is 3. The molecule has 0 saturated heterocycles. The van der Waals surface area contributed by atoms with Crippen LogP contribution in [0.15, 0.2) is 48.5 Å². The first-order chi connectivity index (χ1) is 10.2. The summed E-state index contributed by atoms with van der Waals surface area (Å²) < 4.78 is 0. The molecule has 2 aromatic carbocycles. The Hall–Kier alpha value is -2.17. The van der Waals surface area contributed by atoms with Crippen molar-refractivity contribution < 1.29 is 9.90 Å². The van der Waals surface area contributed by atoms with E-state index in [0.717, 1.165) is 23.1 Å². The van der Waals surface area contributed by atoms with Crippen molar-refractivity contribution in [3.63, 3.8) is 0 Å². The van der Waals surface area contributed by atoms with Crippen molar-refractivity contribution in [3.8, 4) is 0 Å². The van der Waals surface area contributed by atoms with E-state index in [9.17, 15) is 4.79 Å². The molecule has 110 valence electrons. The Morgan fingerprint density at radius 2 is 1.52 bits per heavy atom. The molecule has 0 aliphatic rings. The molecule has 0 aromatic heterocycles. The fourth-order valence-corrected chi connectivity index (χ4v) is 2.04. The summed E-state index contributed by atoms with van der Waals surface area (Å²) in [4.78, 5) is 12.0. The maximum absolute atomic E-state index is 12.0. The van der Waals surface area contributed by atoms with Crippen LogP contribution in [0.4, 0.5) is 0 Å². The lowest BCUT2D eigenvalue weighted by Gasteiger charge is -2.07. The molecule has 0 spiro atoms. The number of aliphatic hydroxyl groups excluding tert-OH is 1. The fourth-order valence-electron chi connectivity index (χ4n) is 2.04. The summed E-state index contributed by atoms with van der Waals surface area (Å²) in [7, 11) is 0. The van der Waals surface area contributed by atoms with Gasteiger partial charge in [0.05, 0.1) is 6.61 Å². The van der Waals surface area contributed by atoms with Gasteiger partial charge in [0.2, 0.25) is 0 Å². The SMILES string of the molecule is NCCc1ccc(C(=O)NCc2ccc(CO)cc2)cc1. The molecule has 0 aliphatic carbocycles. The normalized spacial score (nSPS) is 10.4. The van der Waals surface area contributed by atoms with Crippen LogP contribution in [-0.2, 0) is 19.6 Å². The number of amides is 1. The van der Waals surface area contributed by atoms with Gasteiger partial charge in [-0.3, -0.25) is 4.79 Å². The highest BCUT2D eigenvalue weighted by Gasteiger charge is 2.05. The summed E-state index contributed by atoms with van der Waals surface area (Å²) in [5, 5.41) is 11.9. The second-order valence-electron chi connectivity index (χ2n) is 4.89. The van der Waals surface area contributed by atoms with E-state index < -0.39 is 0 Å². The zero-order chi connectivity index (χ0) is 15.1. The first-order valence-corrected chi connectivity index (χ1v) is 6.99. The molecule has 0 radical (unpaired) electrons. The van der Waals surface area contributed by atoms with E-state index in [-0.39, 0.29) is 12.5 Å². The number of carbonyl (C=O) groups excluding carboxylic acids is 1. The van der Waals surface area contributed by atoms with Gasteiger partial charge in [-0.15, -0.1) is 0 Å². The average molecular weight is 284 g/mol. The van der Waals surface area contributed by atoms with E-state index in [1.54, 1.807) is 0 Å². The van der Waals surface area contributed by atoms with Gasteiger partial charge in [-0.25, -0.2) is 0 Å². The molecule has 0 atom stereocenters. The Balaban J connectivity index is 1.91. The summed E-state index contributed by atoms with van der Waals surface area (Å²) in [5.41, 5.74) is 9.13. The van der Waals surface area contributed by atoms with Crippen molar-refractivity contribution in [2.45, 2.75) is 19.6 Å². The highest BCUT2D eigenvalue weighted by Crippen LogP contribution is 2.07. The number of aliphatic hydroxyl groups is 1. The van der Waals surface area contributed by atoms with Gasteiger partial charge in [-0.2, -0.15) is 0 Å². The largest absolute Gasteiger partial charge is 0.392 e. The third kappa shape index (κ3) is 4.41. The zero-order valence-electron chi connectivity index (χ0n) is 11.9. The standard InChI is InChI=1S/C17H20N2O2/c18-10-9-13-5-7-16(8-6-13)17(21)19-11-14-1-3-15(12-20)4-2-14/h1-8,20H,9-12,18H2,(H,19,21). The summed E-state index contributed by atoms with van der Waals surface area (Å²) in [5.74, 6) is -0.0967. The van der Waals surface area contributed by atoms with Crippen molar-refractivity contribution in [1.82, 2.24) is 5.32 Å². The van der Waals surface area contributed by atoms with Gasteiger partial charge in [0.25, 0.3) is 5.91 Å². The molecule has 2 aromatic rings. The first kappa shape index (κ1) is 15.2. The Bertz CT molecular complexity index is 577. The van der Waals surface area contributed by atoms with E-state index in [2.05, 4.69) is 5.32 Å². The van der Waals surface area contributed by atoms with Crippen molar-refractivity contribution in [3.05, 3.63) is 70.8 Å². The van der Waals surface area contributed by atoms with Gasteiger partial charge < -0.3 is 16.2 Å². The van der Waals surface area contributed by atoms with E-state index >= 15 is 0 Å². The highest BCUT2D eigenvalue weighted by atomic mass is 16.3. The van der Waals surface area contributed by atoms with Crippen LogP contribution in [-0.4, -0.2) is 17.6 Å². The molecule has 2 rings (SSSR count). The maximum atomic E-state index is 12.0. The average Bonchev–Trinajstić information content (AvgIpc) is 2.54. The van der Waals surface area contributed by atoms with Gasteiger partial charge in [-0.05, 0) is 41.8 Å². The van der Waals surface area contributed by atoms with E-state index in [4.69, 9.17) is 10.8 Å². The number of rotatable bonds is 6. The third-order valence-electron chi connectivity index (χ3n) is 3.31. The Morgan fingerprint density at radius 1 is 0.952 bits per heavy atom. The van der Waals surface area contributed by atoms with Gasteiger partial charge in [0.1, 0.15) is 0 Å². The number of nitrogens with two attached hydrogens (primary N) is 1. The van der Waals surface area contributed by atoms with Crippen LogP contribution in [0.2, 0.25) is 0 Å². The van der Waals surface area contributed by atoms with Crippen LogP contribution in [0.1, 0.15) is 27.0 Å². The lowest BCUT2D eigenvalue weighted by atomic mass is 10.1. The molecule has 4 N–H and O–H groups in total. The highest BCUT2D eigenvalue weighted by molar-refractivity contribution is 5.94. The van der Waals surface area contributed by atoms with Crippen LogP contribution in [0, 0.1) is 0 Å². The van der Waals surface area contributed by atoms with Crippen LogP contribution in [0.3, 0.4) is 0 Å². The lowest BCUT2D eigenvalue weighted by molar-refractivity contribution is 0.0951. The number of carbonyl (C=O) groups is 1. The number of nitrogens with one attached hydrogen (secondary N) is 1. The van der Waals surface area contributed by atoms with Crippen LogP contribution in [0.5, 0.6) is 0 Å². The fraction of sp³-hybridized carbons (Fsp3) is 0.235. The van der Waals surface area contributed by atoms with Crippen molar-refractivity contribution in [2.24, 2.45) is 5.73 Å². The molecule has 0 bridgehead atoms. The number of benzene rings is 2. The van der Waals surface area contributed by atoms with Crippen molar-refractivity contribution in [2.75, 3.05) is 6.54 Å². The molecule has 0 aliphatic heterocycles. The molecule has 1 amide bonds. The van der Waals surface area contributed by atoms with Crippen LogP contribution in [0.25, 0.3) is 0 Å². The predicted molar refractivity (Wildman–Crippen MR) is 82.7 cm³/mol. The first-order valence-electron chi connectivity index (χ1n) is 6.99. The van der Waals surface area contributed by atoms with Gasteiger partial charge >= 0.3 is 0 Å². The van der Waals surface area contributed by atoms with E-state index in [1.807, 2.05) is 48.5 Å². The van der Waals surface area contributed by atoms with Crippen LogP contribution < -0.4 is 11.1 Å². The Kier molecular flexibility index (Phi) is 5.49. The van der Waals surface area contributed by atoms with E-state index in [0.29, 0.717) is 18.7 Å². The Morgan fingerprint density at radius 3 is 2.10 bits per heavy atom.